The smallest absolute Gasteiger partial charge is 0.407 e. The molecule has 2 fully saturated rings. The molecular weight excluding hydrogens is 599 g/mol. The van der Waals surface area contributed by atoms with Crippen LogP contribution in [-0.2, 0) is 4.74 Å². The lowest BCUT2D eigenvalue weighted by atomic mass is 10.0. The predicted octanol–water partition coefficient (Wildman–Crippen LogP) is 7.02. The highest BCUT2D eigenvalue weighted by atomic mass is 35.5. The molecule has 234 valence electrons. The van der Waals surface area contributed by atoms with Crippen molar-refractivity contribution in [3.8, 4) is 17.0 Å². The first kappa shape index (κ1) is 30.5. The van der Waals surface area contributed by atoms with Gasteiger partial charge in [-0.25, -0.2) is 19.2 Å². The summed E-state index contributed by atoms with van der Waals surface area (Å²) in [6.45, 7) is 6.90. The van der Waals surface area contributed by atoms with Crippen LogP contribution in [-0.4, -0.2) is 56.7 Å². The van der Waals surface area contributed by atoms with E-state index in [4.69, 9.17) is 21.3 Å². The highest BCUT2D eigenvalue weighted by Gasteiger charge is 2.33. The largest absolute Gasteiger partial charge is 0.504 e. The summed E-state index contributed by atoms with van der Waals surface area (Å²) >= 11 is 6.03. The Morgan fingerprint density at radius 3 is 2.58 bits per heavy atom. The third-order valence-corrected chi connectivity index (χ3v) is 8.01. The van der Waals surface area contributed by atoms with Crippen LogP contribution in [0.5, 0.6) is 5.75 Å². The predicted molar refractivity (Wildman–Crippen MR) is 171 cm³/mol. The number of nitrogens with zero attached hydrogens (tertiary/aromatic N) is 4. The van der Waals surface area contributed by atoms with Crippen LogP contribution >= 0.6 is 11.6 Å². The molecule has 0 bridgehead atoms. The Labute approximate surface area is 265 Å². The van der Waals surface area contributed by atoms with Gasteiger partial charge in [0.2, 0.25) is 0 Å². The van der Waals surface area contributed by atoms with Crippen LogP contribution in [0.2, 0.25) is 5.02 Å². The van der Waals surface area contributed by atoms with Gasteiger partial charge in [0.25, 0.3) is 0 Å². The van der Waals surface area contributed by atoms with Crippen molar-refractivity contribution in [1.82, 2.24) is 20.3 Å². The fourth-order valence-electron chi connectivity index (χ4n) is 5.39. The van der Waals surface area contributed by atoms with Crippen LogP contribution in [0, 0.1) is 11.7 Å². The molecule has 1 atom stereocenters. The summed E-state index contributed by atoms with van der Waals surface area (Å²) in [6, 6.07) is 9.73. The van der Waals surface area contributed by atoms with Gasteiger partial charge in [-0.05, 0) is 82.9 Å². The van der Waals surface area contributed by atoms with Gasteiger partial charge in [-0.15, -0.1) is 0 Å². The molecule has 2 aliphatic rings. The lowest BCUT2D eigenvalue weighted by Crippen LogP contribution is -2.49. The zero-order valence-electron chi connectivity index (χ0n) is 25.2. The molecule has 12 heteroatoms. The van der Waals surface area contributed by atoms with Gasteiger partial charge in [-0.2, -0.15) is 0 Å². The summed E-state index contributed by atoms with van der Waals surface area (Å²) in [5.41, 5.74) is 2.72. The van der Waals surface area contributed by atoms with E-state index >= 15 is 0 Å². The number of ketones is 1. The Balaban J connectivity index is 1.27. The molecule has 1 saturated heterocycles. The highest BCUT2D eigenvalue weighted by molar-refractivity contribution is 6.32. The van der Waals surface area contributed by atoms with Crippen LogP contribution in [0.25, 0.3) is 22.3 Å². The van der Waals surface area contributed by atoms with E-state index < -0.39 is 23.3 Å². The van der Waals surface area contributed by atoms with Crippen molar-refractivity contribution < 1.29 is 23.8 Å². The third kappa shape index (κ3) is 6.93. The first-order chi connectivity index (χ1) is 21.4. The Hall–Kier alpha value is -4.51. The number of benzene rings is 1. The molecule has 1 saturated carbocycles. The van der Waals surface area contributed by atoms with E-state index in [-0.39, 0.29) is 22.8 Å². The number of anilines is 3. The Kier molecular flexibility index (Phi) is 8.22. The molecule has 45 heavy (non-hydrogen) atoms. The number of halogens is 2. The standard InChI is InChI=1S/C33H34ClFN6O4/c1-33(2,3)45-32(44)39-21-5-4-12-41(17-21)27-11-8-20(15-37-27)38-28-22(30(42)18-6-7-18)16-36-26-10-9-25(40-29(26)28)19-13-23(34)31(43)24(35)14-19/h8-11,13-16,18,21,43H,4-7,12,17H2,1-3H3,(H,36,38)(H,39,44)/t21-/m0/s1. The molecule has 1 aliphatic carbocycles. The number of carbonyl (C=O) groups excluding carboxylic acids is 2. The molecule has 1 amide bonds. The van der Waals surface area contributed by atoms with Crippen LogP contribution in [0.4, 0.5) is 26.4 Å². The molecule has 0 unspecified atom stereocenters. The molecular formula is C33H34ClFN6O4. The number of phenols is 1. The lowest BCUT2D eigenvalue weighted by molar-refractivity contribution is 0.0499. The number of fused-ring (bicyclic) bond motifs is 1. The summed E-state index contributed by atoms with van der Waals surface area (Å²) < 4.78 is 19.7. The fourth-order valence-corrected chi connectivity index (χ4v) is 5.60. The van der Waals surface area contributed by atoms with Gasteiger partial charge >= 0.3 is 6.09 Å². The average Bonchev–Trinajstić information content (AvgIpc) is 3.85. The van der Waals surface area contributed by atoms with Gasteiger partial charge in [0.15, 0.2) is 17.3 Å². The monoisotopic (exact) mass is 632 g/mol. The molecule has 4 heterocycles. The van der Waals surface area contributed by atoms with Crippen LogP contribution in [0.15, 0.2) is 48.8 Å². The number of rotatable bonds is 7. The van der Waals surface area contributed by atoms with Gasteiger partial charge in [0, 0.05) is 36.8 Å². The van der Waals surface area contributed by atoms with Crippen molar-refractivity contribution in [3.63, 3.8) is 0 Å². The minimum atomic E-state index is -0.861. The van der Waals surface area contributed by atoms with Crippen LogP contribution in [0.1, 0.15) is 56.8 Å². The zero-order valence-corrected chi connectivity index (χ0v) is 26.0. The maximum Gasteiger partial charge on any atom is 0.407 e. The summed E-state index contributed by atoms with van der Waals surface area (Å²) in [4.78, 5) is 41.7. The molecule has 3 N–H and O–H groups in total. The number of phenolic OH excluding ortho intramolecular Hbond substituents is 1. The van der Waals surface area contributed by atoms with Crippen molar-refractivity contribution in [2.45, 2.75) is 58.1 Å². The molecule has 0 spiro atoms. The number of amides is 1. The maximum absolute atomic E-state index is 14.3. The summed E-state index contributed by atoms with van der Waals surface area (Å²) in [7, 11) is 0. The number of alkyl carbamates (subject to hydrolysis) is 1. The number of Topliss-reactive ketones (excluding diaryl/α,β-unsaturated/α-hetero) is 1. The summed E-state index contributed by atoms with van der Waals surface area (Å²) in [6.07, 6.45) is 6.21. The van der Waals surface area contributed by atoms with E-state index in [1.54, 1.807) is 24.5 Å². The number of hydrogen-bond acceptors (Lipinski definition) is 9. The second-order valence-corrected chi connectivity index (χ2v) is 12.9. The number of piperidine rings is 1. The van der Waals surface area contributed by atoms with E-state index in [1.165, 1.54) is 6.07 Å². The molecule has 6 rings (SSSR count). The van der Waals surface area contributed by atoms with Gasteiger partial charge in [-0.3, -0.25) is 9.78 Å². The molecule has 10 nitrogen and oxygen atoms in total. The third-order valence-electron chi connectivity index (χ3n) is 7.72. The van der Waals surface area contributed by atoms with Crippen molar-refractivity contribution in [3.05, 3.63) is 65.2 Å². The number of aromatic nitrogens is 3. The first-order valence-corrected chi connectivity index (χ1v) is 15.3. The second kappa shape index (κ2) is 12.1. The first-order valence-electron chi connectivity index (χ1n) is 14.9. The number of hydrogen-bond donors (Lipinski definition) is 3. The van der Waals surface area contributed by atoms with E-state index in [2.05, 4.69) is 25.5 Å². The summed E-state index contributed by atoms with van der Waals surface area (Å²) in [5, 5.41) is 16.0. The average molecular weight is 633 g/mol. The molecule has 1 aliphatic heterocycles. The quantitative estimate of drug-likeness (QED) is 0.184. The van der Waals surface area contributed by atoms with Crippen molar-refractivity contribution in [1.29, 1.82) is 0 Å². The number of carbonyl (C=O) groups is 2. The lowest BCUT2D eigenvalue weighted by Gasteiger charge is -2.34. The number of nitrogens with one attached hydrogen (secondary N) is 2. The van der Waals surface area contributed by atoms with E-state index in [0.717, 1.165) is 44.1 Å². The Morgan fingerprint density at radius 1 is 1.09 bits per heavy atom. The van der Waals surface area contributed by atoms with E-state index in [1.807, 2.05) is 32.9 Å². The van der Waals surface area contributed by atoms with Gasteiger partial charge in [0.1, 0.15) is 16.9 Å². The minimum absolute atomic E-state index is 0.0146. The fraction of sp³-hybridized carbons (Fsp3) is 0.364. The Morgan fingerprint density at radius 2 is 1.89 bits per heavy atom. The van der Waals surface area contributed by atoms with Crippen molar-refractivity contribution >= 4 is 51.7 Å². The minimum Gasteiger partial charge on any atom is -0.504 e. The summed E-state index contributed by atoms with van der Waals surface area (Å²) in [5.74, 6) is -0.797. The molecule has 1 aromatic carbocycles. The van der Waals surface area contributed by atoms with E-state index in [0.29, 0.717) is 45.8 Å². The zero-order chi connectivity index (χ0) is 31.9. The molecule has 4 aromatic rings. The SMILES string of the molecule is CC(C)(C)OC(=O)N[C@H]1CCCN(c2ccc(Nc3c(C(=O)C4CC4)cnc4ccc(-c5cc(F)c(O)c(Cl)c5)nc34)cn2)C1. The van der Waals surface area contributed by atoms with Gasteiger partial charge in [-0.1, -0.05) is 11.6 Å². The molecule has 3 aromatic heterocycles. The van der Waals surface area contributed by atoms with E-state index in [9.17, 15) is 19.1 Å². The van der Waals surface area contributed by atoms with Crippen LogP contribution < -0.4 is 15.5 Å². The maximum atomic E-state index is 14.3. The van der Waals surface area contributed by atoms with Crippen molar-refractivity contribution in [2.24, 2.45) is 5.92 Å². The Bertz CT molecular complexity index is 1750. The number of pyridine rings is 3. The normalized spacial score (nSPS) is 16.8. The van der Waals surface area contributed by atoms with Gasteiger partial charge in [0.05, 0.1) is 39.4 Å². The van der Waals surface area contributed by atoms with Gasteiger partial charge < -0.3 is 25.4 Å². The van der Waals surface area contributed by atoms with Crippen LogP contribution in [0.3, 0.4) is 0 Å². The second-order valence-electron chi connectivity index (χ2n) is 12.5. The van der Waals surface area contributed by atoms with Crippen molar-refractivity contribution in [2.75, 3.05) is 23.3 Å². The topological polar surface area (TPSA) is 130 Å². The number of ether oxygens (including phenoxy) is 1. The number of aromatic hydroxyl groups is 1. The molecule has 0 radical (unpaired) electrons. The highest BCUT2D eigenvalue weighted by Crippen LogP contribution is 2.38.